The van der Waals surface area contributed by atoms with Gasteiger partial charge in [0.25, 0.3) is 5.91 Å². The summed E-state index contributed by atoms with van der Waals surface area (Å²) in [6, 6.07) is 10.8. The van der Waals surface area contributed by atoms with Gasteiger partial charge in [0.2, 0.25) is 5.89 Å². The minimum atomic E-state index is -4.49. The Morgan fingerprint density at radius 3 is 2.43 bits per heavy atom. The second-order valence-electron chi connectivity index (χ2n) is 11.8. The number of pyridine rings is 1. The number of hydrogen-bond donors (Lipinski definition) is 1. The monoisotopic (exact) mass is 604 g/mol. The van der Waals surface area contributed by atoms with E-state index in [1.807, 2.05) is 17.0 Å². The highest BCUT2D eigenvalue weighted by molar-refractivity contribution is 5.93. The summed E-state index contributed by atoms with van der Waals surface area (Å²) in [5.74, 6) is 0.305. The van der Waals surface area contributed by atoms with Crippen molar-refractivity contribution < 1.29 is 27.5 Å². The zero-order valence-electron chi connectivity index (χ0n) is 23.8. The van der Waals surface area contributed by atoms with Crippen LogP contribution in [0, 0.1) is 0 Å². The molecule has 1 amide bonds. The number of carbonyl (C=O) groups excluding carboxylic acids is 1. The van der Waals surface area contributed by atoms with Crippen molar-refractivity contribution in [1.82, 2.24) is 29.7 Å². The molecule has 0 spiro atoms. The fraction of sp³-hybridized carbons (Fsp3) is 0.406. The van der Waals surface area contributed by atoms with Gasteiger partial charge in [-0.25, -0.2) is 15.0 Å². The van der Waals surface area contributed by atoms with E-state index in [1.54, 1.807) is 24.7 Å². The summed E-state index contributed by atoms with van der Waals surface area (Å²) in [6.45, 7) is 1.44. The summed E-state index contributed by atoms with van der Waals surface area (Å²) >= 11 is 0. The zero-order chi connectivity index (χ0) is 30.5. The Bertz CT molecular complexity index is 1640. The molecule has 44 heavy (non-hydrogen) atoms. The molecule has 0 radical (unpaired) electrons. The summed E-state index contributed by atoms with van der Waals surface area (Å²) in [6.07, 6.45) is 6.32. The molecule has 1 aromatic carbocycles. The molecule has 2 aliphatic heterocycles. The summed E-state index contributed by atoms with van der Waals surface area (Å²) < 4.78 is 44.9. The van der Waals surface area contributed by atoms with E-state index >= 15 is 0 Å². The number of hydrogen-bond acceptors (Lipinski definition) is 8. The van der Waals surface area contributed by atoms with Crippen molar-refractivity contribution in [2.45, 2.75) is 68.4 Å². The molecule has 3 aromatic heterocycles. The molecule has 4 aromatic rings. The van der Waals surface area contributed by atoms with Gasteiger partial charge in [0, 0.05) is 60.9 Å². The van der Waals surface area contributed by atoms with Crippen LogP contribution in [0.2, 0.25) is 0 Å². The number of alkyl halides is 3. The van der Waals surface area contributed by atoms with Gasteiger partial charge < -0.3 is 14.4 Å². The number of benzene rings is 1. The van der Waals surface area contributed by atoms with Crippen molar-refractivity contribution in [2.75, 3.05) is 13.1 Å². The topological polar surface area (TPSA) is 108 Å². The smallest absolute Gasteiger partial charge is 0.416 e. The molecule has 1 saturated carbocycles. The molecular weight excluding hydrogens is 573 g/mol. The minimum Gasteiger partial charge on any atom is -0.444 e. The van der Waals surface area contributed by atoms with Gasteiger partial charge in [-0.1, -0.05) is 6.07 Å². The van der Waals surface area contributed by atoms with Crippen LogP contribution in [0.25, 0.3) is 22.8 Å². The van der Waals surface area contributed by atoms with Crippen molar-refractivity contribution >= 4 is 5.91 Å². The fourth-order valence-electron chi connectivity index (χ4n) is 7.12. The largest absolute Gasteiger partial charge is 0.444 e. The van der Waals surface area contributed by atoms with Crippen LogP contribution in [-0.2, 0) is 11.8 Å². The highest BCUT2D eigenvalue weighted by Crippen LogP contribution is 2.42. The van der Waals surface area contributed by atoms with Gasteiger partial charge in [0.15, 0.2) is 11.5 Å². The predicted molar refractivity (Wildman–Crippen MR) is 153 cm³/mol. The van der Waals surface area contributed by atoms with Gasteiger partial charge in [-0.3, -0.25) is 14.7 Å². The molecule has 9 nitrogen and oxygen atoms in total. The van der Waals surface area contributed by atoms with Gasteiger partial charge >= 0.3 is 6.18 Å². The van der Waals surface area contributed by atoms with Crippen LogP contribution in [-0.4, -0.2) is 72.0 Å². The Hall–Kier alpha value is -4.16. The van der Waals surface area contributed by atoms with Gasteiger partial charge in [-0.05, 0) is 74.9 Å². The SMILES string of the molecule is O=C(c1coc(-c2cccc(C(F)(F)F)c2)n1)N1CC[C@@H]2[C@H]1CCN2C1CCC(O)(c2ccc(-c3ncccn3)cn2)CC1. The average Bonchev–Trinajstić information content (AvgIpc) is 3.79. The second kappa shape index (κ2) is 11.1. The van der Waals surface area contributed by atoms with Crippen LogP contribution in [0.1, 0.15) is 60.3 Å². The molecule has 1 N–H and O–H groups in total. The minimum absolute atomic E-state index is 0.0181. The van der Waals surface area contributed by atoms with Gasteiger partial charge in [-0.15, -0.1) is 0 Å². The third kappa shape index (κ3) is 5.26. The maximum atomic E-state index is 13.5. The van der Waals surface area contributed by atoms with Crippen LogP contribution in [0.5, 0.6) is 0 Å². The van der Waals surface area contributed by atoms with Crippen LogP contribution in [0.4, 0.5) is 13.2 Å². The molecule has 228 valence electrons. The predicted octanol–water partition coefficient (Wildman–Crippen LogP) is 5.33. The van der Waals surface area contributed by atoms with Gasteiger partial charge in [0.1, 0.15) is 11.9 Å². The van der Waals surface area contributed by atoms with Gasteiger partial charge in [-0.2, -0.15) is 13.2 Å². The number of fused-ring (bicyclic) bond motifs is 1. The van der Waals surface area contributed by atoms with E-state index in [0.717, 1.165) is 49.9 Å². The van der Waals surface area contributed by atoms with Crippen molar-refractivity contribution in [2.24, 2.45) is 0 Å². The van der Waals surface area contributed by atoms with E-state index in [1.165, 1.54) is 18.4 Å². The lowest BCUT2D eigenvalue weighted by Gasteiger charge is -2.41. The first kappa shape index (κ1) is 28.6. The van der Waals surface area contributed by atoms with E-state index < -0.39 is 17.3 Å². The van der Waals surface area contributed by atoms with E-state index in [2.05, 4.69) is 24.8 Å². The lowest BCUT2D eigenvalue weighted by atomic mass is 9.79. The fourth-order valence-corrected chi connectivity index (χ4v) is 7.12. The van der Waals surface area contributed by atoms with Crippen molar-refractivity contribution in [3.8, 4) is 22.8 Å². The maximum absolute atomic E-state index is 13.5. The second-order valence-corrected chi connectivity index (χ2v) is 11.8. The van der Waals surface area contributed by atoms with Crippen LogP contribution >= 0.6 is 0 Å². The Labute approximate surface area is 251 Å². The lowest BCUT2D eigenvalue weighted by molar-refractivity contribution is -0.137. The van der Waals surface area contributed by atoms with Crippen LogP contribution in [0.15, 0.2) is 71.7 Å². The number of aliphatic hydroxyl groups is 1. The normalized spacial score (nSPS) is 25.7. The van der Waals surface area contributed by atoms with E-state index in [-0.39, 0.29) is 35.1 Å². The van der Waals surface area contributed by atoms with Crippen molar-refractivity contribution in [1.29, 1.82) is 0 Å². The Morgan fingerprint density at radius 1 is 0.932 bits per heavy atom. The number of carbonyl (C=O) groups is 1. The third-order valence-electron chi connectivity index (χ3n) is 9.36. The summed E-state index contributed by atoms with van der Waals surface area (Å²) in [5.41, 5.74) is -0.0798. The van der Waals surface area contributed by atoms with Crippen molar-refractivity contribution in [3.63, 3.8) is 0 Å². The first-order chi connectivity index (χ1) is 21.2. The highest BCUT2D eigenvalue weighted by atomic mass is 19.4. The maximum Gasteiger partial charge on any atom is 0.416 e. The van der Waals surface area contributed by atoms with E-state index in [0.29, 0.717) is 36.9 Å². The molecule has 12 heteroatoms. The molecule has 5 heterocycles. The number of likely N-dealkylation sites (tertiary alicyclic amines) is 2. The van der Waals surface area contributed by atoms with E-state index in [4.69, 9.17) is 4.42 Å². The lowest BCUT2D eigenvalue weighted by Crippen LogP contribution is -2.46. The Morgan fingerprint density at radius 2 is 1.70 bits per heavy atom. The zero-order valence-corrected chi connectivity index (χ0v) is 23.8. The van der Waals surface area contributed by atoms with Crippen LogP contribution in [0.3, 0.4) is 0 Å². The van der Waals surface area contributed by atoms with E-state index in [9.17, 15) is 23.1 Å². The molecule has 3 aliphatic rings. The quantitative estimate of drug-likeness (QED) is 0.326. The molecule has 7 rings (SSSR count). The number of nitrogens with zero attached hydrogens (tertiary/aromatic N) is 6. The first-order valence-electron chi connectivity index (χ1n) is 14.9. The Kier molecular flexibility index (Phi) is 7.20. The highest BCUT2D eigenvalue weighted by Gasteiger charge is 2.48. The summed E-state index contributed by atoms with van der Waals surface area (Å²) in [4.78, 5) is 35.1. The number of aromatic nitrogens is 4. The molecule has 3 fully saturated rings. The standard InChI is InChI=1S/C32H31F3N6O3/c33-32(34,35)22-4-1-3-20(17-22)29-39-24(19-44-29)30(42)41-16-10-25-26(41)9-15-40(25)23-7-11-31(43,12-8-23)27-6-5-21(18-38-27)28-36-13-2-14-37-28/h1-6,13-14,17-19,23,25-26,43H,7-12,15-16H2/t23?,25-,26-,31?/m1/s1. The average molecular weight is 605 g/mol. The number of amides is 1. The summed E-state index contributed by atoms with van der Waals surface area (Å²) in [5, 5.41) is 11.5. The number of oxazole rings is 1. The molecular formula is C32H31F3N6O3. The molecule has 2 saturated heterocycles. The number of halogens is 3. The third-order valence-corrected chi connectivity index (χ3v) is 9.36. The molecule has 1 aliphatic carbocycles. The number of rotatable bonds is 5. The molecule has 2 atom stereocenters. The van der Waals surface area contributed by atoms with Gasteiger partial charge in [0.05, 0.1) is 11.3 Å². The first-order valence-corrected chi connectivity index (χ1v) is 14.9. The van der Waals surface area contributed by atoms with Crippen molar-refractivity contribution in [3.05, 3.63) is 84.3 Å². The summed E-state index contributed by atoms with van der Waals surface area (Å²) in [7, 11) is 0. The molecule has 0 bridgehead atoms. The molecule has 0 unspecified atom stereocenters. The van der Waals surface area contributed by atoms with Crippen LogP contribution < -0.4 is 0 Å². The Balaban J connectivity index is 0.981.